The Morgan fingerprint density at radius 2 is 1.85 bits per heavy atom. The second kappa shape index (κ2) is 5.63. The van der Waals surface area contributed by atoms with Crippen LogP contribution in [0.1, 0.15) is 24.9 Å². The summed E-state index contributed by atoms with van der Waals surface area (Å²) in [7, 11) is 2.70. The minimum Gasteiger partial charge on any atom is -0.469 e. The first-order valence-electron chi connectivity index (χ1n) is 6.50. The Kier molecular flexibility index (Phi) is 4.09. The van der Waals surface area contributed by atoms with Crippen LogP contribution in [0.25, 0.3) is 0 Å². The lowest BCUT2D eigenvalue weighted by Crippen LogP contribution is -2.45. The van der Waals surface area contributed by atoms with Crippen LogP contribution in [-0.2, 0) is 19.1 Å². The lowest BCUT2D eigenvalue weighted by molar-refractivity contribution is -0.148. The van der Waals surface area contributed by atoms with Crippen LogP contribution in [-0.4, -0.2) is 31.7 Å². The summed E-state index contributed by atoms with van der Waals surface area (Å²) >= 11 is 0. The number of nitrogens with one attached hydrogen (secondary N) is 1. The van der Waals surface area contributed by atoms with Crippen molar-refractivity contribution in [1.82, 2.24) is 5.32 Å². The molecular weight excluding hydrogens is 258 g/mol. The maximum Gasteiger partial charge on any atom is 0.325 e. The maximum atomic E-state index is 12.0. The Hall–Kier alpha value is -1.88. The molecule has 1 heterocycles. The van der Waals surface area contributed by atoms with Crippen LogP contribution in [0.2, 0.25) is 0 Å². The van der Waals surface area contributed by atoms with Crippen LogP contribution in [0.4, 0.5) is 0 Å². The molecule has 0 aliphatic carbocycles. The Balaban J connectivity index is 2.33. The fraction of sp³-hybridized carbons (Fsp3) is 0.467. The number of carbonyl (C=O) groups excluding carboxylic acids is 2. The van der Waals surface area contributed by atoms with E-state index >= 15 is 0 Å². The summed E-state index contributed by atoms with van der Waals surface area (Å²) in [6, 6.07) is 9.31. The highest BCUT2D eigenvalue weighted by Gasteiger charge is 2.50. The fourth-order valence-corrected chi connectivity index (χ4v) is 2.77. The van der Waals surface area contributed by atoms with E-state index in [0.717, 1.165) is 5.56 Å². The summed E-state index contributed by atoms with van der Waals surface area (Å²) in [4.78, 5) is 23.9. The SMILES string of the molecule is COC(=O)[C@@H]1C[C@@](C)(C(=O)OC)N[C@@H]1c1ccccc1. The largest absolute Gasteiger partial charge is 0.469 e. The molecule has 1 N–H and O–H groups in total. The summed E-state index contributed by atoms with van der Waals surface area (Å²) in [5.41, 5.74) is 0.0734. The van der Waals surface area contributed by atoms with E-state index < -0.39 is 11.5 Å². The number of carbonyl (C=O) groups is 2. The predicted octanol–water partition coefficient (Wildman–Crippen LogP) is 1.44. The number of hydrogen-bond acceptors (Lipinski definition) is 5. The molecule has 2 rings (SSSR count). The van der Waals surface area contributed by atoms with Crippen molar-refractivity contribution in [2.45, 2.75) is 24.9 Å². The van der Waals surface area contributed by atoms with Gasteiger partial charge in [-0.3, -0.25) is 14.9 Å². The highest BCUT2D eigenvalue weighted by atomic mass is 16.5. The van der Waals surface area contributed by atoms with Crippen molar-refractivity contribution in [2.75, 3.05) is 14.2 Å². The second-order valence-electron chi connectivity index (χ2n) is 5.19. The van der Waals surface area contributed by atoms with Crippen LogP contribution in [0.5, 0.6) is 0 Å². The minimum absolute atomic E-state index is 0.257. The molecular formula is C15H19NO4. The van der Waals surface area contributed by atoms with E-state index in [4.69, 9.17) is 9.47 Å². The molecule has 5 nitrogen and oxygen atoms in total. The lowest BCUT2D eigenvalue weighted by atomic mass is 9.90. The molecule has 1 aliphatic rings. The number of esters is 2. The van der Waals surface area contributed by atoms with E-state index in [2.05, 4.69) is 5.32 Å². The second-order valence-corrected chi connectivity index (χ2v) is 5.19. The van der Waals surface area contributed by atoms with Crippen molar-refractivity contribution in [3.63, 3.8) is 0 Å². The molecule has 1 aromatic carbocycles. The average molecular weight is 277 g/mol. The van der Waals surface area contributed by atoms with Gasteiger partial charge in [0.2, 0.25) is 0 Å². The highest BCUT2D eigenvalue weighted by Crippen LogP contribution is 2.39. The van der Waals surface area contributed by atoms with Gasteiger partial charge in [-0.15, -0.1) is 0 Å². The Morgan fingerprint density at radius 1 is 1.20 bits per heavy atom. The molecule has 0 bridgehead atoms. The van der Waals surface area contributed by atoms with Gasteiger partial charge in [0.15, 0.2) is 0 Å². The van der Waals surface area contributed by atoms with E-state index in [9.17, 15) is 9.59 Å². The van der Waals surface area contributed by atoms with Crippen LogP contribution < -0.4 is 5.32 Å². The molecule has 0 spiro atoms. The summed E-state index contributed by atoms with van der Waals surface area (Å²) in [6.45, 7) is 1.75. The molecule has 3 atom stereocenters. The number of rotatable bonds is 3. The Bertz CT molecular complexity index is 502. The summed E-state index contributed by atoms with van der Waals surface area (Å²) in [5, 5.41) is 3.22. The monoisotopic (exact) mass is 277 g/mol. The van der Waals surface area contributed by atoms with E-state index in [-0.39, 0.29) is 18.0 Å². The standard InChI is InChI=1S/C15H19NO4/c1-15(14(18)20-3)9-11(13(17)19-2)12(16-15)10-7-5-4-6-8-10/h4-8,11-12,16H,9H2,1-3H3/t11-,12-,15+/m1/s1. The molecule has 0 radical (unpaired) electrons. The van der Waals surface area contributed by atoms with E-state index in [0.29, 0.717) is 6.42 Å². The van der Waals surface area contributed by atoms with Crippen molar-refractivity contribution in [3.05, 3.63) is 35.9 Å². The van der Waals surface area contributed by atoms with Gasteiger partial charge < -0.3 is 9.47 Å². The van der Waals surface area contributed by atoms with Crippen molar-refractivity contribution in [1.29, 1.82) is 0 Å². The normalized spacial score (nSPS) is 28.9. The van der Waals surface area contributed by atoms with Gasteiger partial charge in [0.25, 0.3) is 0 Å². The zero-order valence-electron chi connectivity index (χ0n) is 11.9. The molecule has 5 heteroatoms. The number of ether oxygens (including phenoxy) is 2. The van der Waals surface area contributed by atoms with Crippen LogP contribution in [0, 0.1) is 5.92 Å². The highest BCUT2D eigenvalue weighted by molar-refractivity contribution is 5.84. The molecule has 0 amide bonds. The summed E-state index contributed by atoms with van der Waals surface area (Å²) < 4.78 is 9.69. The summed E-state index contributed by atoms with van der Waals surface area (Å²) in [5.74, 6) is -1.10. The van der Waals surface area contributed by atoms with Gasteiger partial charge in [-0.25, -0.2) is 0 Å². The maximum absolute atomic E-state index is 12.0. The molecule has 0 unspecified atom stereocenters. The number of hydrogen-bond donors (Lipinski definition) is 1. The van der Waals surface area contributed by atoms with Crippen molar-refractivity contribution >= 4 is 11.9 Å². The third-order valence-electron chi connectivity index (χ3n) is 3.80. The quantitative estimate of drug-likeness (QED) is 0.847. The van der Waals surface area contributed by atoms with Gasteiger partial charge in [-0.2, -0.15) is 0 Å². The van der Waals surface area contributed by atoms with Gasteiger partial charge in [0.05, 0.1) is 20.1 Å². The minimum atomic E-state index is -0.881. The van der Waals surface area contributed by atoms with E-state index in [1.165, 1.54) is 14.2 Å². The zero-order chi connectivity index (χ0) is 14.8. The third kappa shape index (κ3) is 2.54. The van der Waals surface area contributed by atoms with E-state index in [1.807, 2.05) is 30.3 Å². The van der Waals surface area contributed by atoms with Gasteiger partial charge in [-0.1, -0.05) is 30.3 Å². The van der Waals surface area contributed by atoms with Crippen LogP contribution in [0.15, 0.2) is 30.3 Å². The zero-order valence-corrected chi connectivity index (χ0v) is 11.9. The third-order valence-corrected chi connectivity index (χ3v) is 3.80. The molecule has 1 aliphatic heterocycles. The van der Waals surface area contributed by atoms with Crippen molar-refractivity contribution < 1.29 is 19.1 Å². The molecule has 1 fully saturated rings. The molecule has 108 valence electrons. The number of methoxy groups -OCH3 is 2. The molecule has 0 saturated carbocycles. The van der Waals surface area contributed by atoms with Crippen molar-refractivity contribution in [2.24, 2.45) is 5.92 Å². The van der Waals surface area contributed by atoms with E-state index in [1.54, 1.807) is 6.92 Å². The Morgan fingerprint density at radius 3 is 2.40 bits per heavy atom. The van der Waals surface area contributed by atoms with Gasteiger partial charge >= 0.3 is 11.9 Å². The van der Waals surface area contributed by atoms with Crippen LogP contribution in [0.3, 0.4) is 0 Å². The fourth-order valence-electron chi connectivity index (χ4n) is 2.77. The number of benzene rings is 1. The van der Waals surface area contributed by atoms with Gasteiger partial charge in [0.1, 0.15) is 5.54 Å². The predicted molar refractivity (Wildman–Crippen MR) is 72.9 cm³/mol. The molecule has 20 heavy (non-hydrogen) atoms. The first-order chi connectivity index (χ1) is 9.51. The average Bonchev–Trinajstić information content (AvgIpc) is 2.86. The topological polar surface area (TPSA) is 64.6 Å². The first-order valence-corrected chi connectivity index (χ1v) is 6.50. The molecule has 1 saturated heterocycles. The smallest absolute Gasteiger partial charge is 0.325 e. The lowest BCUT2D eigenvalue weighted by Gasteiger charge is -2.22. The van der Waals surface area contributed by atoms with Crippen molar-refractivity contribution in [3.8, 4) is 0 Å². The first kappa shape index (κ1) is 14.5. The molecule has 0 aromatic heterocycles. The van der Waals surface area contributed by atoms with Gasteiger partial charge in [-0.05, 0) is 18.9 Å². The molecule has 1 aromatic rings. The Labute approximate surface area is 118 Å². The van der Waals surface area contributed by atoms with Gasteiger partial charge in [0, 0.05) is 6.04 Å². The van der Waals surface area contributed by atoms with Crippen LogP contribution >= 0.6 is 0 Å². The summed E-state index contributed by atoms with van der Waals surface area (Å²) in [6.07, 6.45) is 0.353.